The van der Waals surface area contributed by atoms with E-state index >= 15 is 0 Å². The molecule has 0 unspecified atom stereocenters. The molecule has 0 heterocycles. The predicted octanol–water partition coefficient (Wildman–Crippen LogP) is 3.18. The molecule has 0 aromatic heterocycles. The van der Waals surface area contributed by atoms with Gasteiger partial charge in [0.25, 0.3) is 0 Å². The molecule has 0 amide bonds. The quantitative estimate of drug-likeness (QED) is 0.773. The molecule has 0 aliphatic carbocycles. The number of nitrogens with two attached hydrogens (primary N) is 2. The molecule has 0 fully saturated rings. The van der Waals surface area contributed by atoms with Crippen LogP contribution in [0.2, 0.25) is 0 Å². The fraction of sp³-hybridized carbons (Fsp3) is 0.200. The van der Waals surface area contributed by atoms with Crippen LogP contribution in [0.4, 0.5) is 11.4 Å². The first kappa shape index (κ1) is 11.5. The number of anilines is 2. The van der Waals surface area contributed by atoms with Crippen LogP contribution in [-0.4, -0.2) is 0 Å². The molecular weight excluding hydrogens is 208 g/mol. The maximum Gasteiger partial charge on any atom is 0.0314 e. The molecule has 0 aliphatic rings. The molecule has 2 aromatic carbocycles. The van der Waals surface area contributed by atoms with E-state index in [-0.39, 0.29) is 5.41 Å². The van der Waals surface area contributed by atoms with Crippen molar-refractivity contribution in [1.29, 1.82) is 0 Å². The fourth-order valence-corrected chi connectivity index (χ4v) is 1.97. The van der Waals surface area contributed by atoms with E-state index in [4.69, 9.17) is 11.5 Å². The zero-order valence-corrected chi connectivity index (χ0v) is 10.3. The van der Waals surface area contributed by atoms with Crippen LogP contribution in [0.25, 0.3) is 0 Å². The molecule has 2 nitrogen and oxygen atoms in total. The fourth-order valence-electron chi connectivity index (χ4n) is 1.97. The van der Waals surface area contributed by atoms with Gasteiger partial charge in [0.15, 0.2) is 0 Å². The monoisotopic (exact) mass is 226 g/mol. The van der Waals surface area contributed by atoms with Gasteiger partial charge in [-0.25, -0.2) is 0 Å². The highest BCUT2D eigenvalue weighted by molar-refractivity contribution is 5.47. The zero-order valence-electron chi connectivity index (χ0n) is 10.3. The van der Waals surface area contributed by atoms with Crippen LogP contribution in [0.3, 0.4) is 0 Å². The van der Waals surface area contributed by atoms with Crippen LogP contribution in [0.15, 0.2) is 48.5 Å². The van der Waals surface area contributed by atoms with Crippen LogP contribution >= 0.6 is 0 Å². The van der Waals surface area contributed by atoms with Crippen LogP contribution in [0, 0.1) is 0 Å². The third-order valence-corrected chi connectivity index (χ3v) is 3.26. The molecule has 0 saturated heterocycles. The van der Waals surface area contributed by atoms with E-state index in [9.17, 15) is 0 Å². The van der Waals surface area contributed by atoms with Crippen molar-refractivity contribution in [2.75, 3.05) is 11.5 Å². The summed E-state index contributed by atoms with van der Waals surface area (Å²) in [4.78, 5) is 0. The zero-order chi connectivity index (χ0) is 12.5. The van der Waals surface area contributed by atoms with Crippen molar-refractivity contribution < 1.29 is 0 Å². The number of hydrogen-bond donors (Lipinski definition) is 2. The molecular formula is C15H18N2. The lowest BCUT2D eigenvalue weighted by Gasteiger charge is -2.26. The second-order valence-electron chi connectivity index (χ2n) is 4.87. The second kappa shape index (κ2) is 4.13. The van der Waals surface area contributed by atoms with Gasteiger partial charge in [-0.05, 0) is 35.4 Å². The molecule has 4 N–H and O–H groups in total. The number of hydrogen-bond acceptors (Lipinski definition) is 2. The lowest BCUT2D eigenvalue weighted by molar-refractivity contribution is 0.641. The molecule has 2 heteroatoms. The van der Waals surface area contributed by atoms with Gasteiger partial charge >= 0.3 is 0 Å². The van der Waals surface area contributed by atoms with E-state index in [2.05, 4.69) is 38.1 Å². The highest BCUT2D eigenvalue weighted by atomic mass is 14.5. The minimum atomic E-state index is -0.0403. The molecule has 0 spiro atoms. The van der Waals surface area contributed by atoms with Crippen molar-refractivity contribution in [3.63, 3.8) is 0 Å². The molecule has 2 rings (SSSR count). The SMILES string of the molecule is CC(C)(c1ccc(N)cc1)c1ccc(N)cc1. The third kappa shape index (κ3) is 2.26. The molecule has 0 aliphatic heterocycles. The molecule has 2 aromatic rings. The van der Waals surface area contributed by atoms with Gasteiger partial charge in [0.05, 0.1) is 0 Å². The Labute approximate surface area is 102 Å². The van der Waals surface area contributed by atoms with Gasteiger partial charge in [0.2, 0.25) is 0 Å². The number of nitrogen functional groups attached to an aromatic ring is 2. The van der Waals surface area contributed by atoms with Crippen LogP contribution in [0.1, 0.15) is 25.0 Å². The Morgan fingerprint density at radius 3 is 1.24 bits per heavy atom. The van der Waals surface area contributed by atoms with E-state index in [1.165, 1.54) is 11.1 Å². The smallest absolute Gasteiger partial charge is 0.0314 e. The summed E-state index contributed by atoms with van der Waals surface area (Å²) < 4.78 is 0. The van der Waals surface area contributed by atoms with Gasteiger partial charge in [0, 0.05) is 16.8 Å². The minimum Gasteiger partial charge on any atom is -0.399 e. The van der Waals surface area contributed by atoms with E-state index in [1.807, 2.05) is 24.3 Å². The third-order valence-electron chi connectivity index (χ3n) is 3.26. The highest BCUT2D eigenvalue weighted by Crippen LogP contribution is 2.32. The number of benzene rings is 2. The van der Waals surface area contributed by atoms with E-state index in [1.54, 1.807) is 0 Å². The van der Waals surface area contributed by atoms with Crippen LogP contribution in [-0.2, 0) is 5.41 Å². The lowest BCUT2D eigenvalue weighted by Crippen LogP contribution is -2.18. The van der Waals surface area contributed by atoms with Gasteiger partial charge in [-0.3, -0.25) is 0 Å². The Hall–Kier alpha value is -1.96. The summed E-state index contributed by atoms with van der Waals surface area (Å²) >= 11 is 0. The van der Waals surface area contributed by atoms with Gasteiger partial charge in [-0.15, -0.1) is 0 Å². The maximum atomic E-state index is 5.71. The second-order valence-corrected chi connectivity index (χ2v) is 4.87. The summed E-state index contributed by atoms with van der Waals surface area (Å²) in [7, 11) is 0. The Balaban J connectivity index is 2.41. The molecule has 17 heavy (non-hydrogen) atoms. The standard InChI is InChI=1S/C15H18N2/c1-15(2,11-3-7-13(16)8-4-11)12-5-9-14(17)10-6-12/h3-10H,16-17H2,1-2H3. The average Bonchev–Trinajstić information content (AvgIpc) is 2.30. The summed E-state index contributed by atoms with van der Waals surface area (Å²) in [6, 6.07) is 16.1. The first-order valence-electron chi connectivity index (χ1n) is 5.72. The summed E-state index contributed by atoms with van der Waals surface area (Å²) in [5.74, 6) is 0. The number of rotatable bonds is 2. The summed E-state index contributed by atoms with van der Waals surface area (Å²) in [6.07, 6.45) is 0. The Kier molecular flexibility index (Phi) is 2.80. The van der Waals surface area contributed by atoms with Gasteiger partial charge < -0.3 is 11.5 Å². The first-order valence-corrected chi connectivity index (χ1v) is 5.72. The summed E-state index contributed by atoms with van der Waals surface area (Å²) in [5.41, 5.74) is 15.5. The van der Waals surface area contributed by atoms with Crippen molar-refractivity contribution in [1.82, 2.24) is 0 Å². The van der Waals surface area contributed by atoms with Gasteiger partial charge in [-0.2, -0.15) is 0 Å². The Morgan fingerprint density at radius 2 is 0.941 bits per heavy atom. The highest BCUT2D eigenvalue weighted by Gasteiger charge is 2.22. The van der Waals surface area contributed by atoms with E-state index in [0.29, 0.717) is 0 Å². The molecule has 0 saturated carbocycles. The normalized spacial score (nSPS) is 11.4. The van der Waals surface area contributed by atoms with E-state index < -0.39 is 0 Å². The van der Waals surface area contributed by atoms with Gasteiger partial charge in [-0.1, -0.05) is 38.1 Å². The molecule has 0 bridgehead atoms. The minimum absolute atomic E-state index is 0.0403. The van der Waals surface area contributed by atoms with Crippen molar-refractivity contribution in [3.05, 3.63) is 59.7 Å². The van der Waals surface area contributed by atoms with Crippen molar-refractivity contribution in [3.8, 4) is 0 Å². The Bertz CT molecular complexity index is 448. The lowest BCUT2D eigenvalue weighted by atomic mass is 9.78. The Morgan fingerprint density at radius 1 is 0.647 bits per heavy atom. The topological polar surface area (TPSA) is 52.0 Å². The predicted molar refractivity (Wildman–Crippen MR) is 73.8 cm³/mol. The van der Waals surface area contributed by atoms with E-state index in [0.717, 1.165) is 11.4 Å². The summed E-state index contributed by atoms with van der Waals surface area (Å²) in [5, 5.41) is 0. The first-order chi connectivity index (χ1) is 8.00. The van der Waals surface area contributed by atoms with Crippen LogP contribution in [0.5, 0.6) is 0 Å². The summed E-state index contributed by atoms with van der Waals surface area (Å²) in [6.45, 7) is 4.40. The van der Waals surface area contributed by atoms with Crippen molar-refractivity contribution in [2.24, 2.45) is 0 Å². The van der Waals surface area contributed by atoms with Crippen molar-refractivity contribution in [2.45, 2.75) is 19.3 Å². The molecule has 0 atom stereocenters. The molecule has 0 radical (unpaired) electrons. The van der Waals surface area contributed by atoms with Crippen LogP contribution < -0.4 is 11.5 Å². The largest absolute Gasteiger partial charge is 0.399 e. The van der Waals surface area contributed by atoms with Gasteiger partial charge in [0.1, 0.15) is 0 Å². The maximum absolute atomic E-state index is 5.71. The van der Waals surface area contributed by atoms with Crippen molar-refractivity contribution >= 4 is 11.4 Å². The molecule has 88 valence electrons. The average molecular weight is 226 g/mol.